The molecule has 0 aliphatic heterocycles. The van der Waals surface area contributed by atoms with Crippen LogP contribution in [0.3, 0.4) is 0 Å². The Balaban J connectivity index is 2.32. The third kappa shape index (κ3) is 6.10. The number of nitrogens with zero attached hydrogens (tertiary/aromatic N) is 2. The van der Waals surface area contributed by atoms with Gasteiger partial charge in [-0.3, -0.25) is 4.99 Å². The second-order valence-corrected chi connectivity index (χ2v) is 6.12. The van der Waals surface area contributed by atoms with E-state index in [1.165, 1.54) is 17.7 Å². The van der Waals surface area contributed by atoms with E-state index < -0.39 is 0 Å². The molecule has 1 N–H and O–H groups in total. The molecule has 3 nitrogen and oxygen atoms in total. The summed E-state index contributed by atoms with van der Waals surface area (Å²) in [5, 5.41) is 5.62. The van der Waals surface area contributed by atoms with Crippen molar-refractivity contribution in [3.05, 3.63) is 22.4 Å². The van der Waals surface area contributed by atoms with Crippen molar-refractivity contribution in [3.8, 4) is 0 Å². The highest BCUT2D eigenvalue weighted by Gasteiger charge is 2.08. The van der Waals surface area contributed by atoms with Crippen molar-refractivity contribution in [2.24, 2.45) is 10.9 Å². The fourth-order valence-electron chi connectivity index (χ4n) is 2.00. The molecule has 0 saturated carbocycles. The number of hydrogen-bond donors (Lipinski definition) is 1. The average molecular weight is 281 g/mol. The van der Waals surface area contributed by atoms with E-state index in [0.717, 1.165) is 25.5 Å². The van der Waals surface area contributed by atoms with Crippen LogP contribution in [0, 0.1) is 5.92 Å². The molecule has 0 amide bonds. The van der Waals surface area contributed by atoms with Gasteiger partial charge in [-0.1, -0.05) is 26.3 Å². The Labute approximate surface area is 121 Å². The summed E-state index contributed by atoms with van der Waals surface area (Å²) < 4.78 is 0. The van der Waals surface area contributed by atoms with Gasteiger partial charge in [-0.05, 0) is 30.2 Å². The molecule has 1 heterocycles. The number of hydrogen-bond acceptors (Lipinski definition) is 2. The molecule has 108 valence electrons. The Hall–Kier alpha value is -1.03. The van der Waals surface area contributed by atoms with E-state index in [-0.39, 0.29) is 0 Å². The molecule has 1 unspecified atom stereocenters. The molecule has 0 radical (unpaired) electrons. The van der Waals surface area contributed by atoms with Crippen molar-refractivity contribution >= 4 is 17.3 Å². The predicted octanol–water partition coefficient (Wildman–Crippen LogP) is 3.23. The fourth-order valence-corrected chi connectivity index (χ4v) is 2.87. The van der Waals surface area contributed by atoms with Crippen molar-refractivity contribution in [1.29, 1.82) is 0 Å². The highest BCUT2D eigenvalue weighted by molar-refractivity contribution is 7.09. The van der Waals surface area contributed by atoms with E-state index in [0.29, 0.717) is 5.92 Å². The quantitative estimate of drug-likeness (QED) is 0.614. The second-order valence-electron chi connectivity index (χ2n) is 5.09. The van der Waals surface area contributed by atoms with E-state index in [1.54, 1.807) is 0 Å². The molecule has 1 atom stereocenters. The van der Waals surface area contributed by atoms with Gasteiger partial charge in [0.25, 0.3) is 0 Å². The summed E-state index contributed by atoms with van der Waals surface area (Å²) in [6.07, 6.45) is 3.57. The minimum atomic E-state index is 0.620. The van der Waals surface area contributed by atoms with Gasteiger partial charge in [-0.25, -0.2) is 0 Å². The zero-order valence-electron chi connectivity index (χ0n) is 12.6. The third-order valence-corrected chi connectivity index (χ3v) is 4.06. The maximum Gasteiger partial charge on any atom is 0.193 e. The first kappa shape index (κ1) is 16.0. The van der Waals surface area contributed by atoms with E-state index in [4.69, 9.17) is 0 Å². The number of unbranched alkanes of at least 4 members (excludes halogenated alkanes) is 1. The first-order chi connectivity index (χ1) is 9.17. The van der Waals surface area contributed by atoms with Gasteiger partial charge in [0.1, 0.15) is 0 Å². The molecule has 0 aliphatic carbocycles. The van der Waals surface area contributed by atoms with Gasteiger partial charge < -0.3 is 10.2 Å². The number of thiophene rings is 1. The van der Waals surface area contributed by atoms with Crippen molar-refractivity contribution in [1.82, 2.24) is 10.2 Å². The lowest BCUT2D eigenvalue weighted by molar-refractivity contribution is 0.453. The van der Waals surface area contributed by atoms with Crippen LogP contribution in [-0.4, -0.2) is 38.0 Å². The normalized spacial score (nSPS) is 13.4. The molecule has 0 bridgehead atoms. The standard InChI is InChI=1S/C15H27N3S/c1-5-6-9-18(4)15(16-3)17-12-13(2)11-14-8-7-10-19-14/h7-8,10,13H,5-6,9,11-12H2,1-4H3,(H,16,17). The van der Waals surface area contributed by atoms with Gasteiger partial charge in [0.05, 0.1) is 0 Å². The summed E-state index contributed by atoms with van der Waals surface area (Å²) in [6.45, 7) is 6.54. The van der Waals surface area contributed by atoms with Gasteiger partial charge in [0.15, 0.2) is 5.96 Å². The Morgan fingerprint density at radius 1 is 1.53 bits per heavy atom. The first-order valence-electron chi connectivity index (χ1n) is 7.11. The summed E-state index contributed by atoms with van der Waals surface area (Å²) in [5.74, 6) is 1.63. The van der Waals surface area contributed by atoms with Gasteiger partial charge in [-0.2, -0.15) is 0 Å². The van der Waals surface area contributed by atoms with E-state index in [1.807, 2.05) is 18.4 Å². The minimum Gasteiger partial charge on any atom is -0.356 e. The van der Waals surface area contributed by atoms with Crippen LogP contribution >= 0.6 is 11.3 Å². The zero-order valence-corrected chi connectivity index (χ0v) is 13.5. The SMILES string of the molecule is CCCCN(C)C(=NC)NCC(C)Cc1cccs1. The molecule has 1 aromatic rings. The van der Waals surface area contributed by atoms with E-state index in [2.05, 4.69) is 53.6 Å². The predicted molar refractivity (Wildman–Crippen MR) is 86.1 cm³/mol. The maximum absolute atomic E-state index is 4.34. The lowest BCUT2D eigenvalue weighted by atomic mass is 10.1. The van der Waals surface area contributed by atoms with Crippen LogP contribution in [0.15, 0.2) is 22.5 Å². The molecule has 0 saturated heterocycles. The van der Waals surface area contributed by atoms with Crippen molar-refractivity contribution < 1.29 is 0 Å². The highest BCUT2D eigenvalue weighted by atomic mass is 32.1. The van der Waals surface area contributed by atoms with Crippen LogP contribution in [-0.2, 0) is 6.42 Å². The van der Waals surface area contributed by atoms with Crippen LogP contribution in [0.2, 0.25) is 0 Å². The minimum absolute atomic E-state index is 0.620. The third-order valence-electron chi connectivity index (χ3n) is 3.16. The Morgan fingerprint density at radius 3 is 2.89 bits per heavy atom. The van der Waals surface area contributed by atoms with Crippen molar-refractivity contribution in [2.45, 2.75) is 33.1 Å². The van der Waals surface area contributed by atoms with E-state index >= 15 is 0 Å². The number of guanidine groups is 1. The van der Waals surface area contributed by atoms with Crippen molar-refractivity contribution in [2.75, 3.05) is 27.2 Å². The van der Waals surface area contributed by atoms with Crippen LogP contribution in [0.25, 0.3) is 0 Å². The summed E-state index contributed by atoms with van der Waals surface area (Å²) >= 11 is 1.84. The summed E-state index contributed by atoms with van der Waals surface area (Å²) in [7, 11) is 3.96. The van der Waals surface area contributed by atoms with Gasteiger partial charge in [0.2, 0.25) is 0 Å². The number of aliphatic imine (C=N–C) groups is 1. The lowest BCUT2D eigenvalue weighted by Gasteiger charge is -2.23. The summed E-state index contributed by atoms with van der Waals surface area (Å²) in [5.41, 5.74) is 0. The van der Waals surface area contributed by atoms with Gasteiger partial charge in [0, 0.05) is 32.1 Å². The second kappa shape index (κ2) is 8.97. The molecule has 19 heavy (non-hydrogen) atoms. The molecule has 0 aliphatic rings. The van der Waals surface area contributed by atoms with Gasteiger partial charge >= 0.3 is 0 Å². The Bertz CT molecular complexity index is 359. The monoisotopic (exact) mass is 281 g/mol. The average Bonchev–Trinajstić information content (AvgIpc) is 2.89. The van der Waals surface area contributed by atoms with E-state index in [9.17, 15) is 0 Å². The zero-order chi connectivity index (χ0) is 14.1. The summed E-state index contributed by atoms with van der Waals surface area (Å²) in [6, 6.07) is 4.33. The fraction of sp³-hybridized carbons (Fsp3) is 0.667. The molecule has 0 aromatic carbocycles. The molecular weight excluding hydrogens is 254 g/mol. The highest BCUT2D eigenvalue weighted by Crippen LogP contribution is 2.13. The number of nitrogens with one attached hydrogen (secondary N) is 1. The lowest BCUT2D eigenvalue weighted by Crippen LogP contribution is -2.41. The number of rotatable bonds is 7. The molecule has 1 aromatic heterocycles. The Kier molecular flexibility index (Phi) is 7.56. The molecular formula is C15H27N3S. The van der Waals surface area contributed by atoms with Gasteiger partial charge in [-0.15, -0.1) is 11.3 Å². The topological polar surface area (TPSA) is 27.6 Å². The Morgan fingerprint density at radius 2 is 2.32 bits per heavy atom. The molecule has 1 rings (SSSR count). The first-order valence-corrected chi connectivity index (χ1v) is 7.99. The largest absolute Gasteiger partial charge is 0.356 e. The van der Waals surface area contributed by atoms with Crippen LogP contribution < -0.4 is 5.32 Å². The van der Waals surface area contributed by atoms with Crippen LogP contribution in [0.1, 0.15) is 31.6 Å². The van der Waals surface area contributed by atoms with Crippen molar-refractivity contribution in [3.63, 3.8) is 0 Å². The molecule has 4 heteroatoms. The van der Waals surface area contributed by atoms with Crippen LogP contribution in [0.4, 0.5) is 0 Å². The molecule has 0 spiro atoms. The molecule has 0 fully saturated rings. The summed E-state index contributed by atoms with van der Waals surface area (Å²) in [4.78, 5) is 8.02. The smallest absolute Gasteiger partial charge is 0.193 e. The van der Waals surface area contributed by atoms with Crippen LogP contribution in [0.5, 0.6) is 0 Å². The maximum atomic E-state index is 4.34.